The van der Waals surface area contributed by atoms with E-state index in [4.69, 9.17) is 21.9 Å². The van der Waals surface area contributed by atoms with Crippen molar-refractivity contribution >= 4 is 33.2 Å². The largest absolute Gasteiger partial charge is 0.399 e. The Balaban J connectivity index is 2.06. The minimum absolute atomic E-state index is 0.342. The van der Waals surface area contributed by atoms with Crippen molar-refractivity contribution < 1.29 is 4.52 Å². The van der Waals surface area contributed by atoms with Gasteiger partial charge in [0.2, 0.25) is 5.82 Å². The van der Waals surface area contributed by atoms with Crippen LogP contribution in [0, 0.1) is 6.92 Å². The molecule has 0 bridgehead atoms. The number of aromatic nitrogens is 2. The van der Waals surface area contributed by atoms with E-state index in [1.807, 2.05) is 25.1 Å². The molecule has 2 aromatic carbocycles. The van der Waals surface area contributed by atoms with Crippen LogP contribution in [0.3, 0.4) is 0 Å². The standard InChI is InChI=1S/C15H11BrClN3O/c1-8-2-4-10(12(16)6-8)14-19-15(21-20-14)11-7-9(18)3-5-13(11)17/h2-7H,18H2,1H3. The van der Waals surface area contributed by atoms with Gasteiger partial charge < -0.3 is 10.3 Å². The molecular formula is C15H11BrClN3O. The van der Waals surface area contributed by atoms with Gasteiger partial charge in [-0.2, -0.15) is 4.98 Å². The van der Waals surface area contributed by atoms with Gasteiger partial charge in [0.25, 0.3) is 5.89 Å². The molecule has 3 rings (SSSR count). The lowest BCUT2D eigenvalue weighted by atomic mass is 10.1. The SMILES string of the molecule is Cc1ccc(-c2noc(-c3cc(N)ccc3Cl)n2)c(Br)c1. The molecule has 3 aromatic rings. The van der Waals surface area contributed by atoms with E-state index in [0.29, 0.717) is 28.0 Å². The smallest absolute Gasteiger partial charge is 0.259 e. The second kappa shape index (κ2) is 5.50. The van der Waals surface area contributed by atoms with E-state index < -0.39 is 0 Å². The summed E-state index contributed by atoms with van der Waals surface area (Å²) in [6.45, 7) is 2.02. The van der Waals surface area contributed by atoms with Gasteiger partial charge in [-0.05, 0) is 42.8 Å². The summed E-state index contributed by atoms with van der Waals surface area (Å²) in [7, 11) is 0. The third kappa shape index (κ3) is 2.80. The number of halogens is 2. The molecule has 0 spiro atoms. The van der Waals surface area contributed by atoms with E-state index in [1.54, 1.807) is 18.2 Å². The Bertz CT molecular complexity index is 816. The molecule has 0 saturated carbocycles. The van der Waals surface area contributed by atoms with Crippen LogP contribution in [0.15, 0.2) is 45.4 Å². The Kier molecular flexibility index (Phi) is 3.69. The van der Waals surface area contributed by atoms with Gasteiger partial charge in [-0.15, -0.1) is 0 Å². The number of rotatable bonds is 2. The van der Waals surface area contributed by atoms with Crippen molar-refractivity contribution in [2.24, 2.45) is 0 Å². The fourth-order valence-corrected chi connectivity index (χ4v) is 2.82. The number of anilines is 1. The van der Waals surface area contributed by atoms with Crippen molar-refractivity contribution in [3.8, 4) is 22.8 Å². The van der Waals surface area contributed by atoms with Gasteiger partial charge in [-0.25, -0.2) is 0 Å². The van der Waals surface area contributed by atoms with Crippen molar-refractivity contribution in [1.29, 1.82) is 0 Å². The highest BCUT2D eigenvalue weighted by atomic mass is 79.9. The highest BCUT2D eigenvalue weighted by molar-refractivity contribution is 9.10. The summed E-state index contributed by atoms with van der Waals surface area (Å²) in [5.41, 5.74) is 8.98. The van der Waals surface area contributed by atoms with Gasteiger partial charge in [0.15, 0.2) is 0 Å². The highest BCUT2D eigenvalue weighted by Crippen LogP contribution is 2.32. The average molecular weight is 365 g/mol. The Labute approximate surface area is 135 Å². The lowest BCUT2D eigenvalue weighted by molar-refractivity contribution is 0.432. The van der Waals surface area contributed by atoms with Crippen LogP contribution in [0.4, 0.5) is 5.69 Å². The van der Waals surface area contributed by atoms with Crippen LogP contribution in [0.5, 0.6) is 0 Å². The molecule has 0 saturated heterocycles. The monoisotopic (exact) mass is 363 g/mol. The quantitative estimate of drug-likeness (QED) is 0.669. The van der Waals surface area contributed by atoms with E-state index in [-0.39, 0.29) is 0 Å². The van der Waals surface area contributed by atoms with Crippen molar-refractivity contribution in [3.05, 3.63) is 51.5 Å². The Hall–Kier alpha value is -1.85. The zero-order valence-electron chi connectivity index (χ0n) is 11.1. The van der Waals surface area contributed by atoms with Crippen LogP contribution in [0.25, 0.3) is 22.8 Å². The lowest BCUT2D eigenvalue weighted by Crippen LogP contribution is -1.87. The van der Waals surface area contributed by atoms with Crippen molar-refractivity contribution in [2.45, 2.75) is 6.92 Å². The summed E-state index contributed by atoms with van der Waals surface area (Å²) in [6.07, 6.45) is 0. The maximum atomic E-state index is 6.15. The molecule has 1 aromatic heterocycles. The predicted octanol–water partition coefficient (Wildman–Crippen LogP) is 4.71. The van der Waals surface area contributed by atoms with Crippen molar-refractivity contribution in [3.63, 3.8) is 0 Å². The summed E-state index contributed by atoms with van der Waals surface area (Å²) in [5.74, 6) is 0.838. The number of nitrogens with two attached hydrogens (primary N) is 1. The molecule has 0 atom stereocenters. The number of nitrogens with zero attached hydrogens (tertiary/aromatic N) is 2. The first kappa shape index (κ1) is 14.1. The minimum Gasteiger partial charge on any atom is -0.399 e. The number of aryl methyl sites for hydroxylation is 1. The van der Waals surface area contributed by atoms with Crippen LogP contribution in [-0.4, -0.2) is 10.1 Å². The maximum absolute atomic E-state index is 6.15. The van der Waals surface area contributed by atoms with E-state index in [1.165, 1.54) is 0 Å². The molecule has 2 N–H and O–H groups in total. The van der Waals surface area contributed by atoms with Crippen molar-refractivity contribution in [2.75, 3.05) is 5.73 Å². The third-order valence-electron chi connectivity index (χ3n) is 3.01. The molecule has 0 aliphatic rings. The molecule has 1 heterocycles. The molecule has 106 valence electrons. The number of hydrogen-bond acceptors (Lipinski definition) is 4. The molecule has 0 unspecified atom stereocenters. The molecule has 6 heteroatoms. The molecule has 0 amide bonds. The van der Waals surface area contributed by atoms with E-state index >= 15 is 0 Å². The van der Waals surface area contributed by atoms with Crippen LogP contribution in [0.1, 0.15) is 5.56 Å². The molecule has 0 aliphatic carbocycles. The van der Waals surface area contributed by atoms with E-state index in [0.717, 1.165) is 15.6 Å². The summed E-state index contributed by atoms with van der Waals surface area (Å²) >= 11 is 9.65. The zero-order chi connectivity index (χ0) is 15.0. The summed E-state index contributed by atoms with van der Waals surface area (Å²) in [6, 6.07) is 11.1. The topological polar surface area (TPSA) is 64.9 Å². The number of nitrogen functional groups attached to an aromatic ring is 1. The maximum Gasteiger partial charge on any atom is 0.259 e. The molecule has 4 nitrogen and oxygen atoms in total. The van der Waals surface area contributed by atoms with Crippen LogP contribution >= 0.6 is 27.5 Å². The van der Waals surface area contributed by atoms with Gasteiger partial charge in [0.1, 0.15) is 0 Å². The van der Waals surface area contributed by atoms with Crippen LogP contribution < -0.4 is 5.73 Å². The lowest BCUT2D eigenvalue weighted by Gasteiger charge is -2.00. The van der Waals surface area contributed by atoms with E-state index in [9.17, 15) is 0 Å². The van der Waals surface area contributed by atoms with Crippen molar-refractivity contribution in [1.82, 2.24) is 10.1 Å². The molecular weight excluding hydrogens is 354 g/mol. The average Bonchev–Trinajstić information content (AvgIpc) is 2.91. The number of hydrogen-bond donors (Lipinski definition) is 1. The molecule has 21 heavy (non-hydrogen) atoms. The number of benzene rings is 2. The second-order valence-corrected chi connectivity index (χ2v) is 5.91. The summed E-state index contributed by atoms with van der Waals surface area (Å²) < 4.78 is 6.21. The fraction of sp³-hybridized carbons (Fsp3) is 0.0667. The molecule has 0 radical (unpaired) electrons. The molecule has 0 fully saturated rings. The third-order valence-corrected chi connectivity index (χ3v) is 4.00. The van der Waals surface area contributed by atoms with E-state index in [2.05, 4.69) is 26.1 Å². The zero-order valence-corrected chi connectivity index (χ0v) is 13.4. The Morgan fingerprint density at radius 2 is 1.95 bits per heavy atom. The molecule has 0 aliphatic heterocycles. The Morgan fingerprint density at radius 1 is 1.14 bits per heavy atom. The van der Waals surface area contributed by atoms with Crippen LogP contribution in [-0.2, 0) is 0 Å². The highest BCUT2D eigenvalue weighted by Gasteiger charge is 2.15. The minimum atomic E-state index is 0.342. The first-order valence-electron chi connectivity index (χ1n) is 6.20. The summed E-state index contributed by atoms with van der Waals surface area (Å²) in [5, 5.41) is 4.52. The van der Waals surface area contributed by atoms with Gasteiger partial charge in [0.05, 0.1) is 10.6 Å². The van der Waals surface area contributed by atoms with Gasteiger partial charge in [-0.3, -0.25) is 0 Å². The van der Waals surface area contributed by atoms with Crippen LogP contribution in [0.2, 0.25) is 5.02 Å². The predicted molar refractivity (Wildman–Crippen MR) is 87.0 cm³/mol. The fourth-order valence-electron chi connectivity index (χ4n) is 1.95. The van der Waals surface area contributed by atoms with Gasteiger partial charge in [0, 0.05) is 15.7 Å². The van der Waals surface area contributed by atoms with Gasteiger partial charge in [-0.1, -0.05) is 38.8 Å². The Morgan fingerprint density at radius 3 is 2.71 bits per heavy atom. The second-order valence-electron chi connectivity index (χ2n) is 4.65. The normalized spacial score (nSPS) is 10.8. The first-order valence-corrected chi connectivity index (χ1v) is 7.37. The first-order chi connectivity index (χ1) is 10.0. The summed E-state index contributed by atoms with van der Waals surface area (Å²) in [4.78, 5) is 4.40. The van der Waals surface area contributed by atoms with Gasteiger partial charge >= 0.3 is 0 Å².